The summed E-state index contributed by atoms with van der Waals surface area (Å²) in [5.74, 6) is 0.805. The Kier molecular flexibility index (Phi) is 1.84. The standard InChI is InChI=1S/C9H6ClNO/c10-9-4-3-7(6-11-9)8-2-1-5-12-8/h1-6H. The predicted octanol–water partition coefficient (Wildman–Crippen LogP) is 3.00. The van der Waals surface area contributed by atoms with Gasteiger partial charge in [0, 0.05) is 11.8 Å². The second-order valence-corrected chi connectivity index (χ2v) is 2.73. The van der Waals surface area contributed by atoms with E-state index in [9.17, 15) is 0 Å². The van der Waals surface area contributed by atoms with E-state index >= 15 is 0 Å². The SMILES string of the molecule is Clc1ccc(-c2ccco2)cn1. The minimum atomic E-state index is 0.491. The van der Waals surface area contributed by atoms with E-state index in [-0.39, 0.29) is 0 Å². The second-order valence-electron chi connectivity index (χ2n) is 2.35. The fourth-order valence-electron chi connectivity index (χ4n) is 0.964. The van der Waals surface area contributed by atoms with Crippen molar-refractivity contribution in [2.75, 3.05) is 0 Å². The summed E-state index contributed by atoms with van der Waals surface area (Å²) in [5.41, 5.74) is 0.935. The van der Waals surface area contributed by atoms with Crippen molar-refractivity contribution in [3.63, 3.8) is 0 Å². The van der Waals surface area contributed by atoms with Crippen LogP contribution in [-0.2, 0) is 0 Å². The first kappa shape index (κ1) is 7.37. The van der Waals surface area contributed by atoms with Crippen molar-refractivity contribution in [3.8, 4) is 11.3 Å². The summed E-state index contributed by atoms with van der Waals surface area (Å²) in [7, 11) is 0. The summed E-state index contributed by atoms with van der Waals surface area (Å²) in [5, 5.41) is 0.491. The molecule has 0 fully saturated rings. The molecule has 0 spiro atoms. The van der Waals surface area contributed by atoms with Crippen LogP contribution in [0.15, 0.2) is 41.1 Å². The zero-order chi connectivity index (χ0) is 8.39. The predicted molar refractivity (Wildman–Crippen MR) is 46.9 cm³/mol. The van der Waals surface area contributed by atoms with Crippen LogP contribution in [0.4, 0.5) is 0 Å². The Morgan fingerprint density at radius 2 is 2.17 bits per heavy atom. The molecule has 12 heavy (non-hydrogen) atoms. The van der Waals surface area contributed by atoms with Gasteiger partial charge in [-0.15, -0.1) is 0 Å². The third-order valence-corrected chi connectivity index (χ3v) is 1.76. The summed E-state index contributed by atoms with van der Waals surface area (Å²) in [6.45, 7) is 0. The third-order valence-electron chi connectivity index (χ3n) is 1.53. The Morgan fingerprint density at radius 3 is 2.75 bits per heavy atom. The van der Waals surface area contributed by atoms with E-state index in [0.29, 0.717) is 5.15 Å². The van der Waals surface area contributed by atoms with Gasteiger partial charge in [0.25, 0.3) is 0 Å². The molecule has 2 aromatic rings. The largest absolute Gasteiger partial charge is 0.464 e. The number of pyridine rings is 1. The summed E-state index contributed by atoms with van der Waals surface area (Å²) in [6.07, 6.45) is 3.31. The van der Waals surface area contributed by atoms with Gasteiger partial charge in [-0.1, -0.05) is 11.6 Å². The lowest BCUT2D eigenvalue weighted by Crippen LogP contribution is -1.76. The Balaban J connectivity index is 2.43. The number of rotatable bonds is 1. The van der Waals surface area contributed by atoms with Gasteiger partial charge in [-0.05, 0) is 24.3 Å². The van der Waals surface area contributed by atoms with Crippen molar-refractivity contribution in [2.24, 2.45) is 0 Å². The van der Waals surface area contributed by atoms with Crippen LogP contribution in [0.1, 0.15) is 0 Å². The highest BCUT2D eigenvalue weighted by atomic mass is 35.5. The number of hydrogen-bond donors (Lipinski definition) is 0. The van der Waals surface area contributed by atoms with Crippen molar-refractivity contribution in [1.29, 1.82) is 0 Å². The lowest BCUT2D eigenvalue weighted by Gasteiger charge is -1.94. The Hall–Kier alpha value is -1.28. The van der Waals surface area contributed by atoms with E-state index in [2.05, 4.69) is 4.98 Å². The molecule has 2 heterocycles. The molecule has 3 heteroatoms. The molecule has 0 atom stereocenters. The molecule has 0 bridgehead atoms. The molecule has 0 aromatic carbocycles. The van der Waals surface area contributed by atoms with Crippen molar-refractivity contribution >= 4 is 11.6 Å². The lowest BCUT2D eigenvalue weighted by atomic mass is 10.2. The van der Waals surface area contributed by atoms with E-state index in [1.807, 2.05) is 18.2 Å². The van der Waals surface area contributed by atoms with Gasteiger partial charge in [0.05, 0.1) is 6.26 Å². The maximum absolute atomic E-state index is 5.63. The Morgan fingerprint density at radius 1 is 1.25 bits per heavy atom. The van der Waals surface area contributed by atoms with Crippen LogP contribution in [0, 0.1) is 0 Å². The number of nitrogens with zero attached hydrogens (tertiary/aromatic N) is 1. The molecule has 0 saturated carbocycles. The zero-order valence-electron chi connectivity index (χ0n) is 6.20. The Labute approximate surface area is 74.8 Å². The van der Waals surface area contributed by atoms with Crippen molar-refractivity contribution in [2.45, 2.75) is 0 Å². The van der Waals surface area contributed by atoms with E-state index in [4.69, 9.17) is 16.0 Å². The van der Waals surface area contributed by atoms with Gasteiger partial charge in [0.15, 0.2) is 0 Å². The second kappa shape index (κ2) is 2.99. The minimum Gasteiger partial charge on any atom is -0.464 e. The van der Waals surface area contributed by atoms with Crippen LogP contribution < -0.4 is 0 Å². The molecule has 0 radical (unpaired) electrons. The average Bonchev–Trinajstić information content (AvgIpc) is 2.58. The number of hydrogen-bond acceptors (Lipinski definition) is 2. The molecule has 2 rings (SSSR count). The average molecular weight is 180 g/mol. The van der Waals surface area contributed by atoms with Crippen LogP contribution in [0.5, 0.6) is 0 Å². The number of halogens is 1. The molecular weight excluding hydrogens is 174 g/mol. The van der Waals surface area contributed by atoms with E-state index in [0.717, 1.165) is 11.3 Å². The van der Waals surface area contributed by atoms with Crippen molar-refractivity contribution < 1.29 is 4.42 Å². The smallest absolute Gasteiger partial charge is 0.135 e. The van der Waals surface area contributed by atoms with Crippen molar-refractivity contribution in [3.05, 3.63) is 41.9 Å². The molecule has 0 aliphatic heterocycles. The van der Waals surface area contributed by atoms with Gasteiger partial charge in [0.1, 0.15) is 10.9 Å². The molecule has 0 aliphatic rings. The minimum absolute atomic E-state index is 0.491. The Bertz CT molecular complexity index is 353. The zero-order valence-corrected chi connectivity index (χ0v) is 6.95. The van der Waals surface area contributed by atoms with Crippen LogP contribution in [-0.4, -0.2) is 4.98 Å². The molecular formula is C9H6ClNO. The first-order valence-electron chi connectivity index (χ1n) is 3.52. The monoisotopic (exact) mass is 179 g/mol. The summed E-state index contributed by atoms with van der Waals surface area (Å²) < 4.78 is 5.18. The maximum Gasteiger partial charge on any atom is 0.135 e. The van der Waals surface area contributed by atoms with Gasteiger partial charge >= 0.3 is 0 Å². The first-order valence-corrected chi connectivity index (χ1v) is 3.89. The fourth-order valence-corrected chi connectivity index (χ4v) is 1.08. The van der Waals surface area contributed by atoms with E-state index in [1.165, 1.54) is 0 Å². The van der Waals surface area contributed by atoms with Crippen LogP contribution in [0.2, 0.25) is 5.15 Å². The first-order chi connectivity index (χ1) is 5.86. The number of aromatic nitrogens is 1. The molecule has 2 aromatic heterocycles. The molecule has 0 saturated heterocycles. The maximum atomic E-state index is 5.63. The molecule has 2 nitrogen and oxygen atoms in total. The molecule has 0 amide bonds. The van der Waals surface area contributed by atoms with Gasteiger partial charge in [0.2, 0.25) is 0 Å². The van der Waals surface area contributed by atoms with Crippen LogP contribution >= 0.6 is 11.6 Å². The van der Waals surface area contributed by atoms with Gasteiger partial charge in [-0.25, -0.2) is 4.98 Å². The summed E-state index contributed by atoms with van der Waals surface area (Å²) in [6, 6.07) is 7.32. The summed E-state index contributed by atoms with van der Waals surface area (Å²) >= 11 is 5.63. The van der Waals surface area contributed by atoms with Crippen LogP contribution in [0.3, 0.4) is 0 Å². The normalized spacial score (nSPS) is 10.1. The topological polar surface area (TPSA) is 26.0 Å². The highest BCUT2D eigenvalue weighted by Crippen LogP contribution is 2.19. The number of furan rings is 1. The molecule has 0 unspecified atom stereocenters. The van der Waals surface area contributed by atoms with Gasteiger partial charge in [-0.2, -0.15) is 0 Å². The van der Waals surface area contributed by atoms with E-state index in [1.54, 1.807) is 18.5 Å². The lowest BCUT2D eigenvalue weighted by molar-refractivity contribution is 0.582. The molecule has 0 aliphatic carbocycles. The highest BCUT2D eigenvalue weighted by molar-refractivity contribution is 6.29. The quantitative estimate of drug-likeness (QED) is 0.629. The molecule has 60 valence electrons. The van der Waals surface area contributed by atoms with E-state index < -0.39 is 0 Å². The van der Waals surface area contributed by atoms with Crippen molar-refractivity contribution in [1.82, 2.24) is 4.98 Å². The highest BCUT2D eigenvalue weighted by Gasteiger charge is 1.99. The van der Waals surface area contributed by atoms with Gasteiger partial charge < -0.3 is 4.42 Å². The van der Waals surface area contributed by atoms with Gasteiger partial charge in [-0.3, -0.25) is 0 Å². The fraction of sp³-hybridized carbons (Fsp3) is 0. The third kappa shape index (κ3) is 1.34. The molecule has 0 N–H and O–H groups in total. The summed E-state index contributed by atoms with van der Waals surface area (Å²) in [4.78, 5) is 3.94. The van der Waals surface area contributed by atoms with Crippen LogP contribution in [0.25, 0.3) is 11.3 Å².